The molecule has 0 fully saturated rings. The fraction of sp³-hybridized carbons (Fsp3) is 0.0385. The Bertz CT molecular complexity index is 1160. The number of rotatable bonds is 4. The summed E-state index contributed by atoms with van der Waals surface area (Å²) < 4.78 is 2.27. The zero-order valence-corrected chi connectivity index (χ0v) is 17.3. The van der Waals surface area contributed by atoms with Gasteiger partial charge in [-0.15, -0.1) is 0 Å². The fourth-order valence-electron chi connectivity index (χ4n) is 4.63. The topological polar surface area (TPSA) is 17.3 Å². The standard InChI is InChI=1S/C26H23N2P/c1-29(23-13-5-2-6-14-23,24-15-7-3-8-16-24,25-17-9-4-10-18-25)26-19-11-12-22-20-27-21-28(22)26/h2-21H,1H3. The van der Waals surface area contributed by atoms with Crippen molar-refractivity contribution in [3.05, 3.63) is 122 Å². The average molecular weight is 394 g/mol. The van der Waals surface area contributed by atoms with Crippen molar-refractivity contribution in [1.29, 1.82) is 0 Å². The van der Waals surface area contributed by atoms with Crippen LogP contribution in [0.15, 0.2) is 122 Å². The molecular formula is C26H23N2P. The molecular weight excluding hydrogens is 371 g/mol. The molecule has 5 aromatic rings. The zero-order valence-electron chi connectivity index (χ0n) is 16.4. The average Bonchev–Trinajstić information content (AvgIpc) is 3.29. The Labute approximate surface area is 171 Å². The number of aromatic nitrogens is 2. The van der Waals surface area contributed by atoms with Gasteiger partial charge in [0.2, 0.25) is 0 Å². The van der Waals surface area contributed by atoms with Crippen LogP contribution < -0.4 is 21.3 Å². The van der Waals surface area contributed by atoms with E-state index in [0.717, 1.165) is 5.52 Å². The van der Waals surface area contributed by atoms with E-state index in [1.807, 2.05) is 12.5 Å². The number of imidazole rings is 1. The Morgan fingerprint density at radius 1 is 0.586 bits per heavy atom. The van der Waals surface area contributed by atoms with Crippen LogP contribution in [0.25, 0.3) is 5.52 Å². The van der Waals surface area contributed by atoms with Crippen LogP contribution in [0.2, 0.25) is 0 Å². The van der Waals surface area contributed by atoms with Gasteiger partial charge in [-0.2, -0.15) is 0 Å². The maximum absolute atomic E-state index is 4.47. The first-order chi connectivity index (χ1) is 14.2. The molecule has 0 aliphatic heterocycles. The summed E-state index contributed by atoms with van der Waals surface area (Å²) in [6.07, 6.45) is 3.88. The minimum atomic E-state index is -3.03. The van der Waals surface area contributed by atoms with Gasteiger partial charge in [-0.1, -0.05) is 0 Å². The molecule has 0 saturated carbocycles. The van der Waals surface area contributed by atoms with Crippen molar-refractivity contribution in [1.82, 2.24) is 9.38 Å². The number of pyridine rings is 1. The number of nitrogens with zero attached hydrogens (tertiary/aromatic N) is 2. The molecule has 0 spiro atoms. The van der Waals surface area contributed by atoms with Crippen LogP contribution in [0.4, 0.5) is 0 Å². The van der Waals surface area contributed by atoms with Gasteiger partial charge in [-0.25, -0.2) is 0 Å². The Hall–Kier alpha value is -3.22. The summed E-state index contributed by atoms with van der Waals surface area (Å²) >= 11 is 0. The van der Waals surface area contributed by atoms with Crippen molar-refractivity contribution in [2.24, 2.45) is 0 Å². The van der Waals surface area contributed by atoms with E-state index in [0.29, 0.717) is 0 Å². The van der Waals surface area contributed by atoms with Gasteiger partial charge in [0.25, 0.3) is 0 Å². The fourth-order valence-corrected chi connectivity index (χ4v) is 10.2. The number of hydrogen-bond donors (Lipinski definition) is 0. The van der Waals surface area contributed by atoms with Gasteiger partial charge < -0.3 is 0 Å². The third kappa shape index (κ3) is 2.43. The predicted molar refractivity (Wildman–Crippen MR) is 126 cm³/mol. The summed E-state index contributed by atoms with van der Waals surface area (Å²) in [5.41, 5.74) is 2.40. The molecule has 3 heteroatoms. The van der Waals surface area contributed by atoms with Crippen molar-refractivity contribution >= 4 is 33.5 Å². The molecule has 0 atom stereocenters. The maximum atomic E-state index is 4.47. The van der Waals surface area contributed by atoms with Gasteiger partial charge in [-0.3, -0.25) is 0 Å². The van der Waals surface area contributed by atoms with Crippen LogP contribution in [0.5, 0.6) is 0 Å². The third-order valence-corrected chi connectivity index (χ3v) is 12.5. The van der Waals surface area contributed by atoms with Gasteiger partial charge in [0.05, 0.1) is 0 Å². The summed E-state index contributed by atoms with van der Waals surface area (Å²) in [6, 6.07) is 39.5. The number of fused-ring (bicyclic) bond motifs is 1. The second-order valence-corrected chi connectivity index (χ2v) is 12.8. The number of benzene rings is 3. The molecule has 142 valence electrons. The molecule has 0 unspecified atom stereocenters. The molecule has 0 radical (unpaired) electrons. The summed E-state index contributed by atoms with van der Waals surface area (Å²) in [7, 11) is 0. The van der Waals surface area contributed by atoms with E-state index in [2.05, 4.69) is 125 Å². The van der Waals surface area contributed by atoms with Gasteiger partial charge in [0.15, 0.2) is 0 Å². The second-order valence-electron chi connectivity index (χ2n) is 7.64. The van der Waals surface area contributed by atoms with Gasteiger partial charge in [-0.05, 0) is 0 Å². The first-order valence-corrected chi connectivity index (χ1v) is 12.5. The van der Waals surface area contributed by atoms with Crippen molar-refractivity contribution in [3.63, 3.8) is 0 Å². The summed E-state index contributed by atoms with van der Waals surface area (Å²) in [4.78, 5) is 4.47. The molecule has 2 heterocycles. The molecule has 5 rings (SSSR count). The molecule has 0 bridgehead atoms. The van der Waals surface area contributed by atoms with Crippen molar-refractivity contribution < 1.29 is 0 Å². The van der Waals surface area contributed by atoms with Crippen LogP contribution >= 0.6 is 6.60 Å². The van der Waals surface area contributed by atoms with E-state index >= 15 is 0 Å². The molecule has 0 saturated heterocycles. The number of hydrogen-bond acceptors (Lipinski definition) is 1. The zero-order chi connectivity index (χ0) is 19.8. The van der Waals surface area contributed by atoms with Gasteiger partial charge >= 0.3 is 171 Å². The van der Waals surface area contributed by atoms with E-state index in [4.69, 9.17) is 0 Å². The van der Waals surface area contributed by atoms with Crippen LogP contribution in [0.3, 0.4) is 0 Å². The van der Waals surface area contributed by atoms with Crippen LogP contribution in [-0.4, -0.2) is 16.0 Å². The van der Waals surface area contributed by atoms with Crippen LogP contribution in [0.1, 0.15) is 0 Å². The monoisotopic (exact) mass is 394 g/mol. The van der Waals surface area contributed by atoms with Gasteiger partial charge in [0, 0.05) is 0 Å². The summed E-state index contributed by atoms with van der Waals surface area (Å²) in [5.74, 6) is 0. The van der Waals surface area contributed by atoms with Crippen LogP contribution in [0, 0.1) is 0 Å². The van der Waals surface area contributed by atoms with Crippen molar-refractivity contribution in [3.8, 4) is 0 Å². The third-order valence-electron chi connectivity index (χ3n) is 6.20. The van der Waals surface area contributed by atoms with E-state index in [1.165, 1.54) is 21.3 Å². The first kappa shape index (κ1) is 17.8. The quantitative estimate of drug-likeness (QED) is 0.419. The molecule has 0 amide bonds. The SMILES string of the molecule is CP(c1ccccc1)(c1ccccc1)(c1ccccc1)c1cccc2cncn12. The molecule has 0 N–H and O–H groups in total. The molecule has 2 aromatic heterocycles. The van der Waals surface area contributed by atoms with Crippen molar-refractivity contribution in [2.45, 2.75) is 0 Å². The minimum absolute atomic E-state index is 1.11. The van der Waals surface area contributed by atoms with E-state index in [1.54, 1.807) is 0 Å². The first-order valence-electron chi connectivity index (χ1n) is 9.83. The van der Waals surface area contributed by atoms with E-state index in [-0.39, 0.29) is 0 Å². The second kappa shape index (κ2) is 6.69. The Balaban J connectivity index is 2.06. The van der Waals surface area contributed by atoms with E-state index in [9.17, 15) is 0 Å². The Morgan fingerprint density at radius 2 is 1.07 bits per heavy atom. The normalized spacial score (nSPS) is 13.1. The Morgan fingerprint density at radius 3 is 1.55 bits per heavy atom. The van der Waals surface area contributed by atoms with E-state index < -0.39 is 6.60 Å². The molecule has 0 aliphatic carbocycles. The summed E-state index contributed by atoms with van der Waals surface area (Å²) in [5, 5.41) is 4.03. The molecule has 2 nitrogen and oxygen atoms in total. The van der Waals surface area contributed by atoms with Crippen LogP contribution in [-0.2, 0) is 0 Å². The predicted octanol–water partition coefficient (Wildman–Crippen LogP) is 4.12. The molecule has 3 aromatic carbocycles. The Kier molecular flexibility index (Phi) is 4.12. The molecule has 29 heavy (non-hydrogen) atoms. The summed E-state index contributed by atoms with van der Waals surface area (Å²) in [6.45, 7) is -0.556. The van der Waals surface area contributed by atoms with Gasteiger partial charge in [0.1, 0.15) is 0 Å². The van der Waals surface area contributed by atoms with Crippen molar-refractivity contribution in [2.75, 3.05) is 6.66 Å². The molecule has 0 aliphatic rings.